The molecule has 0 heterocycles. The molecule has 6 nitrogen and oxygen atoms in total. The summed E-state index contributed by atoms with van der Waals surface area (Å²) in [6.07, 6.45) is 1.67. The van der Waals surface area contributed by atoms with Crippen molar-refractivity contribution in [2.45, 2.75) is 19.4 Å². The van der Waals surface area contributed by atoms with Crippen LogP contribution in [0.15, 0.2) is 53.5 Å². The van der Waals surface area contributed by atoms with E-state index in [-0.39, 0.29) is 0 Å². The normalized spacial score (nSPS) is 11.2. The summed E-state index contributed by atoms with van der Waals surface area (Å²) < 4.78 is 15.1. The van der Waals surface area contributed by atoms with E-state index in [4.69, 9.17) is 9.47 Å². The number of benzene rings is 2. The van der Waals surface area contributed by atoms with Gasteiger partial charge in [-0.05, 0) is 55.8 Å². The van der Waals surface area contributed by atoms with Gasteiger partial charge in [-0.15, -0.1) is 0 Å². The second kappa shape index (κ2) is 8.29. The highest BCUT2D eigenvalue weighted by Gasteiger charge is 2.31. The van der Waals surface area contributed by atoms with E-state index in [2.05, 4.69) is 9.73 Å². The molecule has 0 amide bonds. The van der Waals surface area contributed by atoms with E-state index >= 15 is 0 Å². The number of esters is 2. The van der Waals surface area contributed by atoms with Gasteiger partial charge in [0.25, 0.3) is 0 Å². The Morgan fingerprint density at radius 2 is 1.69 bits per heavy atom. The van der Waals surface area contributed by atoms with Crippen molar-refractivity contribution >= 4 is 23.8 Å². The molecule has 0 saturated heterocycles. The van der Waals surface area contributed by atoms with Crippen molar-refractivity contribution in [3.05, 3.63) is 59.7 Å². The second-order valence-electron chi connectivity index (χ2n) is 5.97. The van der Waals surface area contributed by atoms with Crippen molar-refractivity contribution in [3.63, 3.8) is 0 Å². The number of hydrogen-bond acceptors (Lipinski definition) is 6. The van der Waals surface area contributed by atoms with Crippen LogP contribution < -0.4 is 4.74 Å². The molecule has 136 valence electrons. The first kappa shape index (κ1) is 19.2. The van der Waals surface area contributed by atoms with Gasteiger partial charge in [-0.1, -0.05) is 12.1 Å². The minimum absolute atomic E-state index is 0.390. The zero-order valence-electron chi connectivity index (χ0n) is 15.2. The summed E-state index contributed by atoms with van der Waals surface area (Å²) in [6.45, 7) is 3.28. The van der Waals surface area contributed by atoms with Crippen LogP contribution in [0.3, 0.4) is 0 Å². The van der Waals surface area contributed by atoms with Crippen LogP contribution >= 0.6 is 0 Å². The molecule has 0 aromatic heterocycles. The molecular formula is C20H21NO5. The van der Waals surface area contributed by atoms with Crippen LogP contribution in [0.4, 0.5) is 5.69 Å². The average Bonchev–Trinajstić information content (AvgIpc) is 2.65. The zero-order chi connectivity index (χ0) is 19.2. The fourth-order valence-electron chi connectivity index (χ4n) is 2.19. The molecule has 0 fully saturated rings. The molecule has 0 aliphatic heterocycles. The Labute approximate surface area is 152 Å². The lowest BCUT2D eigenvalue weighted by Crippen LogP contribution is -2.39. The Bertz CT molecular complexity index is 809. The van der Waals surface area contributed by atoms with Crippen LogP contribution in [0.5, 0.6) is 5.75 Å². The average molecular weight is 355 g/mol. The number of ether oxygens (including phenoxy) is 3. The van der Waals surface area contributed by atoms with Crippen LogP contribution in [0.1, 0.15) is 29.8 Å². The number of carbonyl (C=O) groups is 2. The van der Waals surface area contributed by atoms with Crippen molar-refractivity contribution in [3.8, 4) is 5.75 Å². The third-order valence-corrected chi connectivity index (χ3v) is 3.56. The molecule has 0 aliphatic rings. The second-order valence-corrected chi connectivity index (χ2v) is 5.97. The summed E-state index contributed by atoms with van der Waals surface area (Å²) in [7, 11) is 2.66. The molecule has 0 N–H and O–H groups in total. The standard InChI is InChI=1S/C20H21NO5/c1-20(2,19(23)25-4)26-17-7-5-6-14(12-17)13-21-16-10-8-15(9-11-16)18(22)24-3/h5-13H,1-4H3. The van der Waals surface area contributed by atoms with Crippen molar-refractivity contribution in [1.29, 1.82) is 0 Å². The van der Waals surface area contributed by atoms with Gasteiger partial charge >= 0.3 is 11.9 Å². The van der Waals surface area contributed by atoms with Gasteiger partial charge in [-0.3, -0.25) is 4.99 Å². The Kier molecular flexibility index (Phi) is 6.11. The quantitative estimate of drug-likeness (QED) is 0.585. The van der Waals surface area contributed by atoms with Gasteiger partial charge in [0.05, 0.1) is 25.5 Å². The van der Waals surface area contributed by atoms with E-state index < -0.39 is 17.5 Å². The van der Waals surface area contributed by atoms with E-state index in [1.165, 1.54) is 14.2 Å². The summed E-state index contributed by atoms with van der Waals surface area (Å²) in [5.41, 5.74) is 0.875. The number of methoxy groups -OCH3 is 2. The number of rotatable bonds is 6. The Morgan fingerprint density at radius 1 is 1.00 bits per heavy atom. The molecule has 0 saturated carbocycles. The lowest BCUT2D eigenvalue weighted by molar-refractivity contribution is -0.156. The number of aliphatic imine (C=N–C) groups is 1. The molecule has 26 heavy (non-hydrogen) atoms. The maximum atomic E-state index is 11.7. The highest BCUT2D eigenvalue weighted by molar-refractivity contribution is 5.90. The first-order valence-corrected chi connectivity index (χ1v) is 7.95. The van der Waals surface area contributed by atoms with Crippen LogP contribution in [-0.2, 0) is 14.3 Å². The predicted octanol–water partition coefficient (Wildman–Crippen LogP) is 3.55. The van der Waals surface area contributed by atoms with Crippen molar-refractivity contribution in [2.24, 2.45) is 4.99 Å². The maximum absolute atomic E-state index is 11.7. The van der Waals surface area contributed by atoms with Gasteiger partial charge in [-0.2, -0.15) is 0 Å². The van der Waals surface area contributed by atoms with Gasteiger partial charge in [0.2, 0.25) is 0 Å². The first-order valence-electron chi connectivity index (χ1n) is 7.95. The highest BCUT2D eigenvalue weighted by atomic mass is 16.6. The van der Waals surface area contributed by atoms with Crippen LogP contribution in [0.2, 0.25) is 0 Å². The van der Waals surface area contributed by atoms with Gasteiger partial charge in [0.1, 0.15) is 5.75 Å². The fraction of sp³-hybridized carbons (Fsp3) is 0.250. The lowest BCUT2D eigenvalue weighted by atomic mass is 10.1. The van der Waals surface area contributed by atoms with E-state index in [1.54, 1.807) is 56.5 Å². The lowest BCUT2D eigenvalue weighted by Gasteiger charge is -2.23. The van der Waals surface area contributed by atoms with Gasteiger partial charge in [0, 0.05) is 6.21 Å². The Morgan fingerprint density at radius 3 is 2.31 bits per heavy atom. The van der Waals surface area contributed by atoms with E-state index in [1.807, 2.05) is 12.1 Å². The van der Waals surface area contributed by atoms with E-state index in [9.17, 15) is 9.59 Å². The summed E-state index contributed by atoms with van der Waals surface area (Å²) in [5.74, 6) is -0.314. The third kappa shape index (κ3) is 4.92. The summed E-state index contributed by atoms with van der Waals surface area (Å²) in [5, 5.41) is 0. The molecule has 0 radical (unpaired) electrons. The zero-order valence-corrected chi connectivity index (χ0v) is 15.2. The Hall–Kier alpha value is -3.15. The summed E-state index contributed by atoms with van der Waals surface area (Å²) >= 11 is 0. The molecule has 0 atom stereocenters. The number of carbonyl (C=O) groups excluding carboxylic acids is 2. The molecule has 2 aromatic carbocycles. The van der Waals surface area contributed by atoms with Crippen molar-refractivity contribution in [2.75, 3.05) is 14.2 Å². The third-order valence-electron chi connectivity index (χ3n) is 3.56. The van der Waals surface area contributed by atoms with Crippen molar-refractivity contribution in [1.82, 2.24) is 0 Å². The number of nitrogens with zero attached hydrogens (tertiary/aromatic N) is 1. The van der Waals surface area contributed by atoms with Crippen LogP contribution in [0.25, 0.3) is 0 Å². The van der Waals surface area contributed by atoms with Crippen LogP contribution in [-0.4, -0.2) is 38.0 Å². The molecule has 2 rings (SSSR count). The van der Waals surface area contributed by atoms with Crippen LogP contribution in [0, 0.1) is 0 Å². The predicted molar refractivity (Wildman–Crippen MR) is 98.2 cm³/mol. The smallest absolute Gasteiger partial charge is 0.349 e. The molecule has 0 unspecified atom stereocenters. The number of hydrogen-bond donors (Lipinski definition) is 0. The van der Waals surface area contributed by atoms with Gasteiger partial charge < -0.3 is 14.2 Å². The van der Waals surface area contributed by atoms with E-state index in [0.29, 0.717) is 17.0 Å². The summed E-state index contributed by atoms with van der Waals surface area (Å²) in [4.78, 5) is 27.5. The largest absolute Gasteiger partial charge is 0.476 e. The molecule has 0 aliphatic carbocycles. The monoisotopic (exact) mass is 355 g/mol. The molecule has 6 heteroatoms. The molecule has 0 spiro atoms. The SMILES string of the molecule is COC(=O)c1ccc(N=Cc2cccc(OC(C)(C)C(=O)OC)c2)cc1. The van der Waals surface area contributed by atoms with Gasteiger partial charge in [-0.25, -0.2) is 9.59 Å². The topological polar surface area (TPSA) is 74.2 Å². The molecular weight excluding hydrogens is 334 g/mol. The highest BCUT2D eigenvalue weighted by Crippen LogP contribution is 2.21. The first-order chi connectivity index (χ1) is 12.4. The minimum Gasteiger partial charge on any atom is -0.476 e. The van der Waals surface area contributed by atoms with Crippen molar-refractivity contribution < 1.29 is 23.8 Å². The molecule has 0 bridgehead atoms. The minimum atomic E-state index is -1.09. The van der Waals surface area contributed by atoms with Gasteiger partial charge in [0.15, 0.2) is 5.60 Å². The van der Waals surface area contributed by atoms with E-state index in [0.717, 1.165) is 5.56 Å². The molecule has 2 aromatic rings. The fourth-order valence-corrected chi connectivity index (χ4v) is 2.19. The maximum Gasteiger partial charge on any atom is 0.349 e. The Balaban J connectivity index is 2.11. The summed E-state index contributed by atoms with van der Waals surface area (Å²) in [6, 6.07) is 14.0.